The molecule has 0 N–H and O–H groups in total. The molecule has 2 fully saturated rings. The van der Waals surface area contributed by atoms with E-state index in [0.717, 1.165) is 28.7 Å². The van der Waals surface area contributed by atoms with E-state index in [0.29, 0.717) is 6.10 Å². The van der Waals surface area contributed by atoms with Crippen molar-refractivity contribution in [3.05, 3.63) is 16.9 Å². The Kier molecular flexibility index (Phi) is 3.38. The third kappa shape index (κ3) is 2.61. The molecule has 1 saturated heterocycles. The summed E-state index contributed by atoms with van der Waals surface area (Å²) in [4.78, 5) is 4.33. The Morgan fingerprint density at radius 2 is 1.85 bits per heavy atom. The van der Waals surface area contributed by atoms with Gasteiger partial charge < -0.3 is 14.0 Å². The molecule has 108 valence electrons. The van der Waals surface area contributed by atoms with Gasteiger partial charge in [-0.05, 0) is 62.5 Å². The molecular weight excluding hydrogens is 321 g/mol. The van der Waals surface area contributed by atoms with E-state index in [1.807, 2.05) is 33.8 Å². The molecule has 0 spiro atoms. The highest BCUT2D eigenvalue weighted by molar-refractivity contribution is 9.10. The molecule has 1 aliphatic carbocycles. The van der Waals surface area contributed by atoms with E-state index >= 15 is 0 Å². The van der Waals surface area contributed by atoms with Crippen LogP contribution in [0.5, 0.6) is 5.75 Å². The topological polar surface area (TPSA) is 40.6 Å². The van der Waals surface area contributed by atoms with Crippen LogP contribution in [0, 0.1) is 0 Å². The van der Waals surface area contributed by atoms with Gasteiger partial charge in [0.25, 0.3) is 0 Å². The molecule has 0 amide bonds. The van der Waals surface area contributed by atoms with Gasteiger partial charge in [-0.2, -0.15) is 0 Å². The second kappa shape index (κ2) is 4.72. The van der Waals surface area contributed by atoms with E-state index in [-0.39, 0.29) is 11.2 Å². The highest BCUT2D eigenvalue weighted by atomic mass is 79.9. The van der Waals surface area contributed by atoms with Gasteiger partial charge in [0, 0.05) is 5.46 Å². The largest absolute Gasteiger partial charge is 0.497 e. The smallest absolute Gasteiger partial charge is 0.489 e. The van der Waals surface area contributed by atoms with Crippen LogP contribution in [0.1, 0.15) is 40.5 Å². The number of ether oxygens (including phenoxy) is 1. The van der Waals surface area contributed by atoms with Crippen LogP contribution in [0.15, 0.2) is 16.9 Å². The quantitative estimate of drug-likeness (QED) is 0.627. The van der Waals surface area contributed by atoms with Crippen molar-refractivity contribution < 1.29 is 14.0 Å². The zero-order valence-electron chi connectivity index (χ0n) is 12.3. The van der Waals surface area contributed by atoms with Crippen LogP contribution in [0.3, 0.4) is 0 Å². The zero-order chi connectivity index (χ0) is 14.5. The third-order valence-corrected chi connectivity index (χ3v) is 4.84. The summed E-state index contributed by atoms with van der Waals surface area (Å²) in [6.45, 7) is 8.16. The fourth-order valence-electron chi connectivity index (χ4n) is 2.02. The number of nitrogens with zero attached hydrogens (tertiary/aromatic N) is 1. The lowest BCUT2D eigenvalue weighted by atomic mass is 9.80. The highest BCUT2D eigenvalue weighted by Crippen LogP contribution is 2.37. The van der Waals surface area contributed by atoms with Gasteiger partial charge in [-0.15, -0.1) is 0 Å². The first kappa shape index (κ1) is 14.4. The lowest BCUT2D eigenvalue weighted by Gasteiger charge is -2.32. The Bertz CT molecular complexity index is 515. The number of aromatic nitrogens is 1. The van der Waals surface area contributed by atoms with Gasteiger partial charge in [-0.1, -0.05) is 0 Å². The second-order valence-electron chi connectivity index (χ2n) is 6.46. The van der Waals surface area contributed by atoms with E-state index in [4.69, 9.17) is 14.0 Å². The molecule has 1 aromatic rings. The Labute approximate surface area is 128 Å². The Morgan fingerprint density at radius 1 is 1.25 bits per heavy atom. The predicted octanol–water partition coefficient (Wildman–Crippen LogP) is 2.68. The lowest BCUT2D eigenvalue weighted by Crippen LogP contribution is -2.41. The fraction of sp³-hybridized carbons (Fsp3) is 0.643. The van der Waals surface area contributed by atoms with Crippen molar-refractivity contribution in [2.75, 3.05) is 0 Å². The molecule has 6 heteroatoms. The maximum Gasteiger partial charge on any atom is 0.497 e. The third-order valence-electron chi connectivity index (χ3n) is 4.18. The van der Waals surface area contributed by atoms with Crippen molar-refractivity contribution in [2.45, 2.75) is 57.8 Å². The maximum atomic E-state index is 6.06. The minimum atomic E-state index is -0.426. The van der Waals surface area contributed by atoms with Crippen molar-refractivity contribution in [2.24, 2.45) is 0 Å². The Morgan fingerprint density at radius 3 is 2.40 bits per heavy atom. The molecule has 0 bridgehead atoms. The molecule has 1 saturated carbocycles. The molecule has 1 aromatic heterocycles. The predicted molar refractivity (Wildman–Crippen MR) is 81.3 cm³/mol. The molecule has 3 rings (SSSR count). The molecule has 4 nitrogen and oxygen atoms in total. The number of halogens is 1. The van der Waals surface area contributed by atoms with Gasteiger partial charge in [0.05, 0.1) is 23.5 Å². The van der Waals surface area contributed by atoms with Crippen LogP contribution in [0.4, 0.5) is 0 Å². The summed E-state index contributed by atoms with van der Waals surface area (Å²) in [5, 5.41) is 0. The van der Waals surface area contributed by atoms with E-state index in [1.54, 1.807) is 6.20 Å². The molecule has 1 aliphatic heterocycles. The Balaban J connectivity index is 1.86. The molecule has 0 atom stereocenters. The van der Waals surface area contributed by atoms with Crippen LogP contribution in [0.25, 0.3) is 0 Å². The zero-order valence-corrected chi connectivity index (χ0v) is 13.9. The summed E-state index contributed by atoms with van der Waals surface area (Å²) >= 11 is 3.47. The normalized spacial score (nSPS) is 23.9. The SMILES string of the molecule is CC1(C)OB(c2cc(OC3CC3)cnc2Br)OC1(C)C. The first-order valence-electron chi connectivity index (χ1n) is 6.96. The summed E-state index contributed by atoms with van der Waals surface area (Å²) in [6, 6.07) is 1.96. The van der Waals surface area contributed by atoms with Crippen LogP contribution in [0.2, 0.25) is 0 Å². The second-order valence-corrected chi connectivity index (χ2v) is 7.21. The summed E-state index contributed by atoms with van der Waals surface area (Å²) in [5.74, 6) is 0.778. The van der Waals surface area contributed by atoms with Crippen molar-refractivity contribution in [3.63, 3.8) is 0 Å². The van der Waals surface area contributed by atoms with Crippen LogP contribution in [-0.4, -0.2) is 29.4 Å². The molecule has 20 heavy (non-hydrogen) atoms. The van der Waals surface area contributed by atoms with Crippen molar-refractivity contribution >= 4 is 28.5 Å². The molecule has 2 heterocycles. The molecule has 0 radical (unpaired) electrons. The molecule has 0 unspecified atom stereocenters. The molecule has 2 aliphatic rings. The minimum Gasteiger partial charge on any atom is -0.489 e. The average Bonchev–Trinajstić information content (AvgIpc) is 3.10. The monoisotopic (exact) mass is 339 g/mol. The minimum absolute atomic E-state index is 0.351. The van der Waals surface area contributed by atoms with Crippen molar-refractivity contribution in [1.82, 2.24) is 4.98 Å². The van der Waals surface area contributed by atoms with E-state index in [9.17, 15) is 0 Å². The van der Waals surface area contributed by atoms with Crippen LogP contribution >= 0.6 is 15.9 Å². The van der Waals surface area contributed by atoms with Gasteiger partial charge in [0.15, 0.2) is 0 Å². The van der Waals surface area contributed by atoms with Gasteiger partial charge in [0.2, 0.25) is 0 Å². The van der Waals surface area contributed by atoms with E-state index < -0.39 is 7.12 Å². The van der Waals surface area contributed by atoms with Gasteiger partial charge in [-0.3, -0.25) is 0 Å². The summed E-state index contributed by atoms with van der Waals surface area (Å²) in [6.07, 6.45) is 4.34. The Hall–Kier alpha value is -0.585. The van der Waals surface area contributed by atoms with Gasteiger partial charge >= 0.3 is 7.12 Å². The van der Waals surface area contributed by atoms with Gasteiger partial charge in [-0.25, -0.2) is 4.98 Å². The lowest BCUT2D eigenvalue weighted by molar-refractivity contribution is 0.00578. The van der Waals surface area contributed by atoms with E-state index in [2.05, 4.69) is 20.9 Å². The summed E-state index contributed by atoms with van der Waals surface area (Å²) in [7, 11) is -0.426. The summed E-state index contributed by atoms with van der Waals surface area (Å²) < 4.78 is 18.6. The fourth-order valence-corrected chi connectivity index (χ4v) is 2.43. The number of hydrogen-bond acceptors (Lipinski definition) is 4. The first-order valence-corrected chi connectivity index (χ1v) is 7.75. The highest BCUT2D eigenvalue weighted by Gasteiger charge is 2.52. The molecule has 0 aromatic carbocycles. The van der Waals surface area contributed by atoms with Crippen molar-refractivity contribution in [1.29, 1.82) is 0 Å². The number of pyridine rings is 1. The standard InChI is InChI=1S/C14H19BBrNO3/c1-13(2)14(3,4)20-15(19-13)11-7-10(8-17-12(11)16)18-9-5-6-9/h7-9H,5-6H2,1-4H3. The van der Waals surface area contributed by atoms with Crippen LogP contribution < -0.4 is 10.2 Å². The van der Waals surface area contributed by atoms with E-state index in [1.165, 1.54) is 0 Å². The number of rotatable bonds is 3. The maximum absolute atomic E-state index is 6.06. The summed E-state index contributed by atoms with van der Waals surface area (Å²) in [5.41, 5.74) is 0.163. The molecular formula is C14H19BBrNO3. The van der Waals surface area contributed by atoms with Crippen molar-refractivity contribution in [3.8, 4) is 5.75 Å². The van der Waals surface area contributed by atoms with Gasteiger partial charge in [0.1, 0.15) is 10.4 Å². The van der Waals surface area contributed by atoms with Crippen LogP contribution in [-0.2, 0) is 9.31 Å². The average molecular weight is 340 g/mol. The number of hydrogen-bond donors (Lipinski definition) is 0. The first-order chi connectivity index (χ1) is 9.28.